The van der Waals surface area contributed by atoms with Crippen molar-refractivity contribution in [3.05, 3.63) is 29.2 Å². The minimum atomic E-state index is -0.271. The number of anilines is 2. The van der Waals surface area contributed by atoms with Gasteiger partial charge in [-0.3, -0.25) is 4.68 Å². The van der Waals surface area contributed by atoms with E-state index in [0.717, 1.165) is 62.4 Å². The van der Waals surface area contributed by atoms with E-state index >= 15 is 0 Å². The fourth-order valence-electron chi connectivity index (χ4n) is 3.94. The minimum absolute atomic E-state index is 0.271. The number of rotatable bonds is 3. The van der Waals surface area contributed by atoms with E-state index in [1.165, 1.54) is 5.69 Å². The molecule has 5 heterocycles. The highest BCUT2D eigenvalue weighted by molar-refractivity contribution is 5.49. The van der Waals surface area contributed by atoms with Crippen molar-refractivity contribution >= 4 is 11.8 Å². The summed E-state index contributed by atoms with van der Waals surface area (Å²) >= 11 is 0. The molecule has 8 heteroatoms. The predicted octanol–water partition coefficient (Wildman–Crippen LogP) is 0.687. The van der Waals surface area contributed by atoms with Gasteiger partial charge in [0.15, 0.2) is 0 Å². The SMILES string of the molecule is Cc1cc2n(n1)CCN(c1cc([C@H]3CCOC3)nc(N3CC(O)C3)n1)C2. The smallest absolute Gasteiger partial charge is 0.227 e. The number of fused-ring (bicyclic) bond motifs is 1. The van der Waals surface area contributed by atoms with Crippen LogP contribution in [0.1, 0.15) is 29.4 Å². The van der Waals surface area contributed by atoms with Gasteiger partial charge in [-0.15, -0.1) is 0 Å². The zero-order chi connectivity index (χ0) is 17.7. The lowest BCUT2D eigenvalue weighted by Gasteiger charge is -2.37. The number of aryl methyl sites for hydroxylation is 1. The van der Waals surface area contributed by atoms with Crippen LogP contribution in [-0.4, -0.2) is 63.8 Å². The first-order valence-corrected chi connectivity index (χ1v) is 9.34. The van der Waals surface area contributed by atoms with E-state index in [1.54, 1.807) is 0 Å². The average molecular weight is 356 g/mol. The maximum atomic E-state index is 9.65. The molecule has 0 aliphatic carbocycles. The summed E-state index contributed by atoms with van der Waals surface area (Å²) in [6.07, 6.45) is 0.734. The maximum absolute atomic E-state index is 9.65. The normalized spacial score (nSPS) is 23.2. The third kappa shape index (κ3) is 2.83. The molecule has 1 N–H and O–H groups in total. The fourth-order valence-corrected chi connectivity index (χ4v) is 3.94. The Morgan fingerprint density at radius 3 is 2.81 bits per heavy atom. The molecule has 3 aliphatic heterocycles. The molecular formula is C18H24N6O2. The van der Waals surface area contributed by atoms with Crippen molar-refractivity contribution in [3.8, 4) is 0 Å². The van der Waals surface area contributed by atoms with Crippen molar-refractivity contribution in [2.75, 3.05) is 42.6 Å². The van der Waals surface area contributed by atoms with Gasteiger partial charge in [-0.1, -0.05) is 0 Å². The number of hydrogen-bond donors (Lipinski definition) is 1. The zero-order valence-electron chi connectivity index (χ0n) is 15.0. The highest BCUT2D eigenvalue weighted by Crippen LogP contribution is 2.30. The number of hydrogen-bond acceptors (Lipinski definition) is 7. The summed E-state index contributed by atoms with van der Waals surface area (Å²) in [5.74, 6) is 2.02. The monoisotopic (exact) mass is 356 g/mol. The van der Waals surface area contributed by atoms with Gasteiger partial charge in [0.1, 0.15) is 5.82 Å². The van der Waals surface area contributed by atoms with Crippen molar-refractivity contribution < 1.29 is 9.84 Å². The molecule has 0 aromatic carbocycles. The van der Waals surface area contributed by atoms with E-state index in [-0.39, 0.29) is 6.10 Å². The van der Waals surface area contributed by atoms with E-state index in [9.17, 15) is 5.11 Å². The standard InChI is InChI=1S/C18H24N6O2/c1-12-6-14-8-22(3-4-24(14)21-12)17-7-16(13-2-5-26-11-13)19-18(20-17)23-9-15(25)10-23/h6-7,13,15,25H,2-5,8-11H2,1H3/t13-/m0/s1. The van der Waals surface area contributed by atoms with E-state index in [1.807, 2.05) is 11.8 Å². The zero-order valence-corrected chi connectivity index (χ0v) is 15.0. The summed E-state index contributed by atoms with van der Waals surface area (Å²) in [5, 5.41) is 14.2. The summed E-state index contributed by atoms with van der Waals surface area (Å²) in [5.41, 5.74) is 3.33. The van der Waals surface area contributed by atoms with Crippen LogP contribution >= 0.6 is 0 Å². The summed E-state index contributed by atoms with van der Waals surface area (Å²) < 4.78 is 7.65. The Kier molecular flexibility index (Phi) is 3.82. The highest BCUT2D eigenvalue weighted by Gasteiger charge is 2.30. The first-order valence-electron chi connectivity index (χ1n) is 9.34. The van der Waals surface area contributed by atoms with Crippen LogP contribution in [0.3, 0.4) is 0 Å². The largest absolute Gasteiger partial charge is 0.389 e. The summed E-state index contributed by atoms with van der Waals surface area (Å²) in [4.78, 5) is 14.0. The van der Waals surface area contributed by atoms with Gasteiger partial charge in [0, 0.05) is 38.2 Å². The molecule has 26 heavy (non-hydrogen) atoms. The molecule has 1 atom stereocenters. The Labute approximate surface area is 152 Å². The van der Waals surface area contributed by atoms with Crippen LogP contribution in [-0.2, 0) is 17.8 Å². The number of β-amino-alcohol motifs (C(OH)–C–C–N with tert-alkyl or cyclic N) is 1. The summed E-state index contributed by atoms with van der Waals surface area (Å²) in [7, 11) is 0. The molecule has 0 radical (unpaired) electrons. The third-order valence-corrected chi connectivity index (χ3v) is 5.46. The highest BCUT2D eigenvalue weighted by atomic mass is 16.5. The molecular weight excluding hydrogens is 332 g/mol. The molecule has 0 saturated carbocycles. The number of aliphatic hydroxyl groups is 1. The summed E-state index contributed by atoms with van der Waals surface area (Å²) in [6.45, 7) is 7.33. The molecule has 0 amide bonds. The quantitative estimate of drug-likeness (QED) is 0.866. The Bertz CT molecular complexity index is 810. The van der Waals surface area contributed by atoms with Crippen LogP contribution in [0, 0.1) is 6.92 Å². The molecule has 5 rings (SSSR count). The van der Waals surface area contributed by atoms with E-state index in [4.69, 9.17) is 14.7 Å². The van der Waals surface area contributed by atoms with Crippen LogP contribution in [0.4, 0.5) is 11.8 Å². The minimum Gasteiger partial charge on any atom is -0.389 e. The van der Waals surface area contributed by atoms with Gasteiger partial charge < -0.3 is 19.6 Å². The van der Waals surface area contributed by atoms with Crippen LogP contribution in [0.25, 0.3) is 0 Å². The van der Waals surface area contributed by atoms with Crippen LogP contribution in [0.2, 0.25) is 0 Å². The molecule has 2 aromatic heterocycles. The lowest BCUT2D eigenvalue weighted by atomic mass is 10.0. The number of nitrogens with zero attached hydrogens (tertiary/aromatic N) is 6. The van der Waals surface area contributed by atoms with Crippen molar-refractivity contribution in [1.82, 2.24) is 19.7 Å². The molecule has 2 aromatic rings. The van der Waals surface area contributed by atoms with Gasteiger partial charge in [0.05, 0.1) is 42.9 Å². The average Bonchev–Trinajstić information content (AvgIpc) is 3.26. The van der Waals surface area contributed by atoms with Crippen LogP contribution in [0.15, 0.2) is 12.1 Å². The van der Waals surface area contributed by atoms with Gasteiger partial charge in [-0.05, 0) is 19.4 Å². The Hall–Kier alpha value is -2.19. The maximum Gasteiger partial charge on any atom is 0.227 e. The van der Waals surface area contributed by atoms with Gasteiger partial charge in [-0.25, -0.2) is 4.98 Å². The molecule has 2 saturated heterocycles. The topological polar surface area (TPSA) is 79.5 Å². The Morgan fingerprint density at radius 1 is 1.15 bits per heavy atom. The number of aromatic nitrogens is 4. The molecule has 0 spiro atoms. The fraction of sp³-hybridized carbons (Fsp3) is 0.611. The summed E-state index contributed by atoms with van der Waals surface area (Å²) in [6, 6.07) is 4.27. The molecule has 0 bridgehead atoms. The second kappa shape index (κ2) is 6.21. The van der Waals surface area contributed by atoms with Gasteiger partial charge >= 0.3 is 0 Å². The van der Waals surface area contributed by atoms with Gasteiger partial charge in [-0.2, -0.15) is 10.1 Å². The van der Waals surface area contributed by atoms with Crippen LogP contribution < -0.4 is 9.80 Å². The second-order valence-corrected chi connectivity index (χ2v) is 7.49. The lowest BCUT2D eigenvalue weighted by molar-refractivity contribution is 0.140. The van der Waals surface area contributed by atoms with Crippen molar-refractivity contribution in [2.45, 2.75) is 38.5 Å². The first kappa shape index (κ1) is 16.0. The van der Waals surface area contributed by atoms with Gasteiger partial charge in [0.25, 0.3) is 0 Å². The molecule has 138 valence electrons. The molecule has 8 nitrogen and oxygen atoms in total. The van der Waals surface area contributed by atoms with E-state index in [2.05, 4.69) is 26.8 Å². The Balaban J connectivity index is 1.47. The van der Waals surface area contributed by atoms with E-state index < -0.39 is 0 Å². The Morgan fingerprint density at radius 2 is 2.04 bits per heavy atom. The van der Waals surface area contributed by atoms with Crippen molar-refractivity contribution in [2.24, 2.45) is 0 Å². The second-order valence-electron chi connectivity index (χ2n) is 7.49. The molecule has 3 aliphatic rings. The molecule has 0 unspecified atom stereocenters. The first-order chi connectivity index (χ1) is 12.7. The predicted molar refractivity (Wildman–Crippen MR) is 96.4 cm³/mol. The van der Waals surface area contributed by atoms with E-state index in [0.29, 0.717) is 19.0 Å². The van der Waals surface area contributed by atoms with Crippen LogP contribution in [0.5, 0.6) is 0 Å². The van der Waals surface area contributed by atoms with Crippen molar-refractivity contribution in [3.63, 3.8) is 0 Å². The van der Waals surface area contributed by atoms with Crippen molar-refractivity contribution in [1.29, 1.82) is 0 Å². The lowest BCUT2D eigenvalue weighted by Crippen LogP contribution is -2.51. The third-order valence-electron chi connectivity index (χ3n) is 5.46. The molecule has 2 fully saturated rings. The number of ether oxygens (including phenoxy) is 1. The van der Waals surface area contributed by atoms with Gasteiger partial charge in [0.2, 0.25) is 5.95 Å². The number of aliphatic hydroxyl groups excluding tert-OH is 1.